The SMILES string of the molecule is CCc1nn(C)c(C(=O)Nc2ccnc(C)c2)c1N. The van der Waals surface area contributed by atoms with E-state index in [2.05, 4.69) is 15.4 Å². The second-order valence-corrected chi connectivity index (χ2v) is 4.33. The minimum Gasteiger partial charge on any atom is -0.395 e. The highest BCUT2D eigenvalue weighted by Gasteiger charge is 2.19. The van der Waals surface area contributed by atoms with Gasteiger partial charge in [-0.3, -0.25) is 14.5 Å². The van der Waals surface area contributed by atoms with Gasteiger partial charge in [0.25, 0.3) is 5.91 Å². The van der Waals surface area contributed by atoms with Gasteiger partial charge in [0.1, 0.15) is 5.69 Å². The largest absolute Gasteiger partial charge is 0.395 e. The van der Waals surface area contributed by atoms with E-state index < -0.39 is 0 Å². The van der Waals surface area contributed by atoms with Crippen molar-refractivity contribution in [1.29, 1.82) is 0 Å². The number of amides is 1. The fourth-order valence-electron chi connectivity index (χ4n) is 1.94. The summed E-state index contributed by atoms with van der Waals surface area (Å²) in [4.78, 5) is 16.3. The van der Waals surface area contributed by atoms with Crippen LogP contribution in [-0.4, -0.2) is 20.7 Å². The Hall–Kier alpha value is -2.37. The van der Waals surface area contributed by atoms with Gasteiger partial charge in [0, 0.05) is 24.6 Å². The molecule has 1 amide bonds. The van der Waals surface area contributed by atoms with Crippen LogP contribution in [0.2, 0.25) is 0 Å². The molecular weight excluding hydrogens is 242 g/mol. The minimum atomic E-state index is -0.266. The molecule has 0 bridgehead atoms. The van der Waals surface area contributed by atoms with Gasteiger partial charge in [-0.1, -0.05) is 6.92 Å². The van der Waals surface area contributed by atoms with E-state index in [0.717, 1.165) is 11.4 Å². The zero-order valence-corrected chi connectivity index (χ0v) is 11.3. The minimum absolute atomic E-state index is 0.266. The highest BCUT2D eigenvalue weighted by atomic mass is 16.2. The average Bonchev–Trinajstić information content (AvgIpc) is 2.64. The summed E-state index contributed by atoms with van der Waals surface area (Å²) in [5.41, 5.74) is 9.03. The van der Waals surface area contributed by atoms with E-state index in [1.807, 2.05) is 13.8 Å². The number of nitrogens with two attached hydrogens (primary N) is 1. The standard InChI is InChI=1S/C13H17N5O/c1-4-10-11(14)12(18(3)17-10)13(19)16-9-5-6-15-8(2)7-9/h5-7H,4,14H2,1-3H3,(H,15,16,19). The van der Waals surface area contributed by atoms with Gasteiger partial charge < -0.3 is 11.1 Å². The first kappa shape index (κ1) is 13.1. The van der Waals surface area contributed by atoms with Crippen LogP contribution in [-0.2, 0) is 13.5 Å². The number of carbonyl (C=O) groups is 1. The number of nitrogens with one attached hydrogen (secondary N) is 1. The highest BCUT2D eigenvalue weighted by molar-refractivity contribution is 6.06. The molecule has 0 unspecified atom stereocenters. The summed E-state index contributed by atoms with van der Waals surface area (Å²) in [6, 6.07) is 3.53. The predicted octanol–water partition coefficient (Wildman–Crippen LogP) is 1.52. The normalized spacial score (nSPS) is 10.5. The lowest BCUT2D eigenvalue weighted by atomic mass is 10.2. The van der Waals surface area contributed by atoms with Crippen LogP contribution in [0.1, 0.15) is 28.8 Å². The Balaban J connectivity index is 2.28. The summed E-state index contributed by atoms with van der Waals surface area (Å²) in [6.45, 7) is 3.82. The number of hydrogen-bond donors (Lipinski definition) is 2. The third-order valence-electron chi connectivity index (χ3n) is 2.86. The van der Waals surface area contributed by atoms with E-state index in [-0.39, 0.29) is 5.91 Å². The van der Waals surface area contributed by atoms with Gasteiger partial charge >= 0.3 is 0 Å². The van der Waals surface area contributed by atoms with Crippen LogP contribution >= 0.6 is 0 Å². The first-order valence-electron chi connectivity index (χ1n) is 6.08. The van der Waals surface area contributed by atoms with E-state index in [9.17, 15) is 4.79 Å². The van der Waals surface area contributed by atoms with Crippen molar-refractivity contribution in [3.8, 4) is 0 Å². The Morgan fingerprint density at radius 3 is 2.84 bits per heavy atom. The van der Waals surface area contributed by atoms with Crippen molar-refractivity contribution >= 4 is 17.3 Å². The molecule has 6 heteroatoms. The molecule has 0 aliphatic heterocycles. The Labute approximate surface area is 111 Å². The fraction of sp³-hybridized carbons (Fsp3) is 0.308. The molecule has 6 nitrogen and oxygen atoms in total. The zero-order valence-electron chi connectivity index (χ0n) is 11.3. The molecule has 2 heterocycles. The molecule has 100 valence electrons. The third-order valence-corrected chi connectivity index (χ3v) is 2.86. The van der Waals surface area contributed by atoms with Crippen LogP contribution in [0.5, 0.6) is 0 Å². The van der Waals surface area contributed by atoms with Crippen molar-refractivity contribution in [2.24, 2.45) is 7.05 Å². The van der Waals surface area contributed by atoms with E-state index in [1.165, 1.54) is 4.68 Å². The number of nitrogen functional groups attached to an aromatic ring is 1. The van der Waals surface area contributed by atoms with Gasteiger partial charge in [-0.05, 0) is 25.5 Å². The van der Waals surface area contributed by atoms with Crippen molar-refractivity contribution < 1.29 is 4.79 Å². The number of pyridine rings is 1. The molecule has 0 spiro atoms. The van der Waals surface area contributed by atoms with E-state index in [0.29, 0.717) is 23.5 Å². The fourth-order valence-corrected chi connectivity index (χ4v) is 1.94. The van der Waals surface area contributed by atoms with Crippen LogP contribution < -0.4 is 11.1 Å². The average molecular weight is 259 g/mol. The molecule has 0 saturated heterocycles. The maximum absolute atomic E-state index is 12.2. The number of anilines is 2. The van der Waals surface area contributed by atoms with Crippen LogP contribution in [0.4, 0.5) is 11.4 Å². The summed E-state index contributed by atoms with van der Waals surface area (Å²) in [7, 11) is 1.71. The van der Waals surface area contributed by atoms with Crippen molar-refractivity contribution in [3.05, 3.63) is 35.4 Å². The lowest BCUT2D eigenvalue weighted by Crippen LogP contribution is -2.17. The summed E-state index contributed by atoms with van der Waals surface area (Å²) >= 11 is 0. The van der Waals surface area contributed by atoms with Crippen molar-refractivity contribution in [1.82, 2.24) is 14.8 Å². The smallest absolute Gasteiger partial charge is 0.276 e. The lowest BCUT2D eigenvalue weighted by Gasteiger charge is -2.06. The maximum atomic E-state index is 12.2. The molecule has 0 aliphatic carbocycles. The molecule has 0 aromatic carbocycles. The Morgan fingerprint density at radius 2 is 2.26 bits per heavy atom. The third kappa shape index (κ3) is 2.57. The second-order valence-electron chi connectivity index (χ2n) is 4.33. The highest BCUT2D eigenvalue weighted by Crippen LogP contribution is 2.18. The monoisotopic (exact) mass is 259 g/mol. The zero-order chi connectivity index (χ0) is 14.0. The second kappa shape index (κ2) is 5.09. The molecule has 2 aromatic rings. The van der Waals surface area contributed by atoms with E-state index in [1.54, 1.807) is 25.4 Å². The van der Waals surface area contributed by atoms with Crippen LogP contribution in [0.15, 0.2) is 18.3 Å². The Kier molecular flexibility index (Phi) is 3.50. The van der Waals surface area contributed by atoms with Gasteiger partial charge in [-0.15, -0.1) is 0 Å². The lowest BCUT2D eigenvalue weighted by molar-refractivity contribution is 0.101. The van der Waals surface area contributed by atoms with Gasteiger partial charge in [0.05, 0.1) is 11.4 Å². The Bertz CT molecular complexity index is 617. The van der Waals surface area contributed by atoms with Crippen molar-refractivity contribution in [3.63, 3.8) is 0 Å². The van der Waals surface area contributed by atoms with E-state index >= 15 is 0 Å². The van der Waals surface area contributed by atoms with Crippen molar-refractivity contribution in [2.45, 2.75) is 20.3 Å². The first-order chi connectivity index (χ1) is 9.02. The van der Waals surface area contributed by atoms with Gasteiger partial charge in [-0.25, -0.2) is 0 Å². The van der Waals surface area contributed by atoms with Gasteiger partial charge in [0.2, 0.25) is 0 Å². The number of hydrogen-bond acceptors (Lipinski definition) is 4. The quantitative estimate of drug-likeness (QED) is 0.875. The molecule has 0 saturated carbocycles. The molecule has 0 radical (unpaired) electrons. The van der Waals surface area contributed by atoms with Crippen LogP contribution in [0.3, 0.4) is 0 Å². The molecular formula is C13H17N5O. The summed E-state index contributed by atoms with van der Waals surface area (Å²) < 4.78 is 1.51. The molecule has 0 fully saturated rings. The van der Waals surface area contributed by atoms with Crippen LogP contribution in [0.25, 0.3) is 0 Å². The number of carbonyl (C=O) groups excluding carboxylic acids is 1. The molecule has 0 atom stereocenters. The maximum Gasteiger partial charge on any atom is 0.276 e. The topological polar surface area (TPSA) is 85.8 Å². The number of aryl methyl sites for hydroxylation is 3. The molecule has 0 aliphatic rings. The summed E-state index contributed by atoms with van der Waals surface area (Å²) in [5.74, 6) is -0.266. The molecule has 3 N–H and O–H groups in total. The first-order valence-corrected chi connectivity index (χ1v) is 6.08. The number of rotatable bonds is 3. The van der Waals surface area contributed by atoms with Crippen LogP contribution in [0, 0.1) is 6.92 Å². The molecule has 2 aromatic heterocycles. The van der Waals surface area contributed by atoms with E-state index in [4.69, 9.17) is 5.73 Å². The molecule has 2 rings (SSSR count). The predicted molar refractivity (Wildman–Crippen MR) is 73.9 cm³/mol. The number of aromatic nitrogens is 3. The molecule has 19 heavy (non-hydrogen) atoms. The summed E-state index contributed by atoms with van der Waals surface area (Å²) in [6.07, 6.45) is 2.34. The van der Waals surface area contributed by atoms with Crippen molar-refractivity contribution in [2.75, 3.05) is 11.1 Å². The van der Waals surface area contributed by atoms with Gasteiger partial charge in [0.15, 0.2) is 0 Å². The Morgan fingerprint density at radius 1 is 1.53 bits per heavy atom. The van der Waals surface area contributed by atoms with Gasteiger partial charge in [-0.2, -0.15) is 5.10 Å². The summed E-state index contributed by atoms with van der Waals surface area (Å²) in [5, 5.41) is 7.03. The number of nitrogens with zero attached hydrogens (tertiary/aromatic N) is 3.